The lowest BCUT2D eigenvalue weighted by Crippen LogP contribution is -2.36. The number of likely N-dealkylation sites (tertiary alicyclic amines) is 1. The molecule has 0 saturated carbocycles. The summed E-state index contributed by atoms with van der Waals surface area (Å²) >= 11 is 0. The van der Waals surface area contributed by atoms with E-state index in [0.717, 1.165) is 11.1 Å². The largest absolute Gasteiger partial charge is 0.338 e. The molecule has 0 spiro atoms. The summed E-state index contributed by atoms with van der Waals surface area (Å²) in [6.07, 6.45) is 0.315. The van der Waals surface area contributed by atoms with Gasteiger partial charge in [0.25, 0.3) is 0 Å². The number of hydrogen-bond donors (Lipinski definition) is 0. The van der Waals surface area contributed by atoms with E-state index in [1.54, 1.807) is 0 Å². The van der Waals surface area contributed by atoms with Gasteiger partial charge in [0.15, 0.2) is 0 Å². The van der Waals surface area contributed by atoms with Crippen LogP contribution in [-0.2, 0) is 22.7 Å². The third-order valence-corrected chi connectivity index (χ3v) is 4.97. The van der Waals surface area contributed by atoms with E-state index < -0.39 is 0 Å². The van der Waals surface area contributed by atoms with Gasteiger partial charge in [-0.15, -0.1) is 0 Å². The molecular formula is C22H26N2O2. The predicted molar refractivity (Wildman–Crippen MR) is 102 cm³/mol. The first kappa shape index (κ1) is 18.2. The Bertz CT molecular complexity index is 755. The molecule has 1 aliphatic heterocycles. The van der Waals surface area contributed by atoms with Crippen molar-refractivity contribution in [1.29, 1.82) is 0 Å². The Balaban J connectivity index is 1.62. The summed E-state index contributed by atoms with van der Waals surface area (Å²) in [4.78, 5) is 29.0. The third kappa shape index (κ3) is 4.31. The smallest absolute Gasteiger partial charge is 0.228 e. The molecule has 1 aliphatic rings. The first-order valence-electron chi connectivity index (χ1n) is 9.23. The summed E-state index contributed by atoms with van der Waals surface area (Å²) < 4.78 is 0. The van der Waals surface area contributed by atoms with E-state index in [0.29, 0.717) is 32.6 Å². The molecule has 26 heavy (non-hydrogen) atoms. The molecule has 1 heterocycles. The molecule has 2 amide bonds. The Morgan fingerprint density at radius 2 is 1.77 bits per heavy atom. The number of carbonyl (C=O) groups is 2. The quantitative estimate of drug-likeness (QED) is 0.801. The van der Waals surface area contributed by atoms with Crippen molar-refractivity contribution in [3.8, 4) is 0 Å². The van der Waals surface area contributed by atoms with Crippen LogP contribution < -0.4 is 0 Å². The minimum Gasteiger partial charge on any atom is -0.338 e. The zero-order chi connectivity index (χ0) is 18.5. The minimum atomic E-state index is -0.239. The van der Waals surface area contributed by atoms with Crippen LogP contribution in [0, 0.1) is 12.8 Å². The zero-order valence-electron chi connectivity index (χ0n) is 15.5. The van der Waals surface area contributed by atoms with Gasteiger partial charge < -0.3 is 9.80 Å². The molecule has 1 fully saturated rings. The third-order valence-electron chi connectivity index (χ3n) is 4.97. The molecule has 0 radical (unpaired) electrons. The molecule has 1 atom stereocenters. The lowest BCUT2D eigenvalue weighted by atomic mass is 10.1. The lowest BCUT2D eigenvalue weighted by molar-refractivity contribution is -0.136. The van der Waals surface area contributed by atoms with Crippen molar-refractivity contribution in [3.63, 3.8) is 0 Å². The second-order valence-electron chi connectivity index (χ2n) is 7.00. The molecule has 136 valence electrons. The van der Waals surface area contributed by atoms with Crippen LogP contribution in [0.25, 0.3) is 0 Å². The van der Waals surface area contributed by atoms with Gasteiger partial charge in [-0.05, 0) is 25.0 Å². The highest BCUT2D eigenvalue weighted by Gasteiger charge is 2.36. The monoisotopic (exact) mass is 350 g/mol. The highest BCUT2D eigenvalue weighted by molar-refractivity contribution is 5.89. The number of rotatable bonds is 6. The van der Waals surface area contributed by atoms with Crippen LogP contribution in [0.1, 0.15) is 30.0 Å². The molecular weight excluding hydrogens is 324 g/mol. The number of hydrogen-bond acceptors (Lipinski definition) is 2. The van der Waals surface area contributed by atoms with Gasteiger partial charge in [-0.3, -0.25) is 9.59 Å². The second kappa shape index (κ2) is 8.17. The number of carbonyl (C=O) groups excluding carboxylic acids is 2. The molecule has 2 aromatic carbocycles. The Labute approximate surface area is 155 Å². The first-order valence-corrected chi connectivity index (χ1v) is 9.23. The summed E-state index contributed by atoms with van der Waals surface area (Å²) in [5, 5.41) is 0. The Morgan fingerprint density at radius 1 is 1.08 bits per heavy atom. The first-order chi connectivity index (χ1) is 12.6. The van der Waals surface area contributed by atoms with E-state index in [4.69, 9.17) is 0 Å². The number of amides is 2. The van der Waals surface area contributed by atoms with Crippen LogP contribution >= 0.6 is 0 Å². The molecule has 0 N–H and O–H groups in total. The fraction of sp³-hybridized carbons (Fsp3) is 0.364. The van der Waals surface area contributed by atoms with Gasteiger partial charge in [0.1, 0.15) is 0 Å². The highest BCUT2D eigenvalue weighted by atomic mass is 16.2. The molecule has 1 saturated heterocycles. The van der Waals surface area contributed by atoms with E-state index in [9.17, 15) is 9.59 Å². The van der Waals surface area contributed by atoms with Gasteiger partial charge in [0, 0.05) is 32.6 Å². The molecule has 0 aromatic heterocycles. The maximum absolute atomic E-state index is 12.9. The van der Waals surface area contributed by atoms with Gasteiger partial charge in [-0.1, -0.05) is 60.2 Å². The van der Waals surface area contributed by atoms with Gasteiger partial charge in [-0.25, -0.2) is 0 Å². The average molecular weight is 350 g/mol. The SMILES string of the molecule is CCN(Cc1ccccc1)C(=O)C1CC(=O)N(Cc2ccc(C)cc2)C1. The van der Waals surface area contributed by atoms with Crippen LogP contribution in [-0.4, -0.2) is 34.7 Å². The fourth-order valence-corrected chi connectivity index (χ4v) is 3.41. The summed E-state index contributed by atoms with van der Waals surface area (Å²) in [5.74, 6) is -0.0904. The van der Waals surface area contributed by atoms with Gasteiger partial charge >= 0.3 is 0 Å². The van der Waals surface area contributed by atoms with Gasteiger partial charge in [0.2, 0.25) is 11.8 Å². The minimum absolute atomic E-state index is 0.0692. The molecule has 1 unspecified atom stereocenters. The standard InChI is InChI=1S/C22H26N2O2/c1-3-23(14-18-7-5-4-6-8-18)22(26)20-13-21(25)24(16-20)15-19-11-9-17(2)10-12-19/h4-12,20H,3,13-16H2,1-2H3. The summed E-state index contributed by atoms with van der Waals surface area (Å²) in [5.41, 5.74) is 3.42. The molecule has 4 nitrogen and oxygen atoms in total. The number of aryl methyl sites for hydroxylation is 1. The molecule has 4 heteroatoms. The van der Waals surface area contributed by atoms with Crippen LogP contribution in [0.15, 0.2) is 54.6 Å². The fourth-order valence-electron chi connectivity index (χ4n) is 3.41. The summed E-state index contributed by atoms with van der Waals surface area (Å²) in [6, 6.07) is 18.2. The molecule has 0 bridgehead atoms. The van der Waals surface area contributed by atoms with Crippen molar-refractivity contribution >= 4 is 11.8 Å². The van der Waals surface area contributed by atoms with E-state index in [1.165, 1.54) is 5.56 Å². The summed E-state index contributed by atoms with van der Waals surface area (Å²) in [7, 11) is 0. The maximum atomic E-state index is 12.9. The van der Waals surface area contributed by atoms with Crippen molar-refractivity contribution in [2.24, 2.45) is 5.92 Å². The van der Waals surface area contributed by atoms with Crippen LogP contribution in [0.4, 0.5) is 0 Å². The number of benzene rings is 2. The zero-order valence-corrected chi connectivity index (χ0v) is 15.5. The van der Waals surface area contributed by atoms with E-state index in [1.807, 2.05) is 66.1 Å². The van der Waals surface area contributed by atoms with Crippen molar-refractivity contribution < 1.29 is 9.59 Å². The molecule has 3 rings (SSSR count). The van der Waals surface area contributed by atoms with Crippen LogP contribution in [0.2, 0.25) is 0 Å². The lowest BCUT2D eigenvalue weighted by Gasteiger charge is -2.24. The van der Waals surface area contributed by atoms with Crippen molar-refractivity contribution in [2.75, 3.05) is 13.1 Å². The van der Waals surface area contributed by atoms with Gasteiger partial charge in [-0.2, -0.15) is 0 Å². The molecule has 2 aromatic rings. The van der Waals surface area contributed by atoms with Crippen LogP contribution in [0.5, 0.6) is 0 Å². The second-order valence-corrected chi connectivity index (χ2v) is 7.00. The van der Waals surface area contributed by atoms with E-state index >= 15 is 0 Å². The normalized spacial score (nSPS) is 16.8. The Morgan fingerprint density at radius 3 is 2.42 bits per heavy atom. The van der Waals surface area contributed by atoms with Crippen molar-refractivity contribution in [3.05, 3.63) is 71.3 Å². The van der Waals surface area contributed by atoms with Crippen molar-refractivity contribution in [2.45, 2.75) is 33.4 Å². The van der Waals surface area contributed by atoms with Crippen LogP contribution in [0.3, 0.4) is 0 Å². The maximum Gasteiger partial charge on any atom is 0.228 e. The van der Waals surface area contributed by atoms with Gasteiger partial charge in [0.05, 0.1) is 5.92 Å². The summed E-state index contributed by atoms with van der Waals surface area (Å²) in [6.45, 7) is 6.37. The predicted octanol–water partition coefficient (Wildman–Crippen LogP) is 3.39. The number of nitrogens with zero attached hydrogens (tertiary/aromatic N) is 2. The molecule has 0 aliphatic carbocycles. The Kier molecular flexibility index (Phi) is 5.71. The average Bonchev–Trinajstić information content (AvgIpc) is 3.02. The Hall–Kier alpha value is -2.62. The highest BCUT2D eigenvalue weighted by Crippen LogP contribution is 2.23. The topological polar surface area (TPSA) is 40.6 Å². The van der Waals surface area contributed by atoms with E-state index in [-0.39, 0.29) is 17.7 Å². The van der Waals surface area contributed by atoms with E-state index in [2.05, 4.69) is 12.1 Å². The van der Waals surface area contributed by atoms with Crippen molar-refractivity contribution in [1.82, 2.24) is 9.80 Å².